The Morgan fingerprint density at radius 2 is 2.27 bits per heavy atom. The molecule has 0 aromatic heterocycles. The van der Waals surface area contributed by atoms with E-state index in [4.69, 9.17) is 10.5 Å². The molecule has 1 aromatic carbocycles. The first-order chi connectivity index (χ1) is 7.19. The summed E-state index contributed by atoms with van der Waals surface area (Å²) in [6.07, 6.45) is 1.62. The van der Waals surface area contributed by atoms with E-state index in [2.05, 4.69) is 0 Å². The lowest BCUT2D eigenvalue weighted by Crippen LogP contribution is -2.09. The fourth-order valence-corrected chi connectivity index (χ4v) is 1.15. The van der Waals surface area contributed by atoms with Gasteiger partial charge in [-0.3, -0.25) is 9.59 Å². The van der Waals surface area contributed by atoms with Gasteiger partial charge in [-0.1, -0.05) is 13.0 Å². The molecule has 0 aliphatic rings. The smallest absolute Gasteiger partial charge is 0.311 e. The number of esters is 1. The summed E-state index contributed by atoms with van der Waals surface area (Å²) in [7, 11) is 0. The number of ether oxygens (including phenoxy) is 1. The van der Waals surface area contributed by atoms with Crippen LogP contribution in [0.4, 0.5) is 5.69 Å². The van der Waals surface area contributed by atoms with Gasteiger partial charge in [-0.05, 0) is 18.6 Å². The van der Waals surface area contributed by atoms with Gasteiger partial charge in [-0.25, -0.2) is 0 Å². The van der Waals surface area contributed by atoms with Gasteiger partial charge in [0, 0.05) is 12.1 Å². The van der Waals surface area contributed by atoms with Crippen molar-refractivity contribution in [1.29, 1.82) is 0 Å². The topological polar surface area (TPSA) is 69.4 Å². The maximum absolute atomic E-state index is 11.2. The van der Waals surface area contributed by atoms with Crippen LogP contribution in [0.1, 0.15) is 30.1 Å². The minimum atomic E-state index is -0.355. The minimum Gasteiger partial charge on any atom is -0.426 e. The zero-order valence-corrected chi connectivity index (χ0v) is 8.53. The van der Waals surface area contributed by atoms with E-state index >= 15 is 0 Å². The van der Waals surface area contributed by atoms with Crippen molar-refractivity contribution in [2.75, 3.05) is 5.73 Å². The van der Waals surface area contributed by atoms with E-state index in [1.165, 1.54) is 0 Å². The molecular weight excluding hydrogens is 194 g/mol. The molecule has 0 bridgehead atoms. The number of hydrogen-bond donors (Lipinski definition) is 1. The van der Waals surface area contributed by atoms with Crippen LogP contribution in [0.2, 0.25) is 0 Å². The fraction of sp³-hybridized carbons (Fsp3) is 0.273. The second-order valence-corrected chi connectivity index (χ2v) is 3.10. The van der Waals surface area contributed by atoms with Crippen molar-refractivity contribution >= 4 is 17.9 Å². The van der Waals surface area contributed by atoms with Crippen LogP contribution >= 0.6 is 0 Å². The standard InChI is InChI=1S/C11H13NO3/c1-2-4-11(14)15-10-6-3-5-9(12)8(10)7-13/h3,5-7H,2,4,12H2,1H3. The van der Waals surface area contributed by atoms with E-state index in [-0.39, 0.29) is 17.3 Å². The molecule has 0 spiro atoms. The number of benzene rings is 1. The molecule has 0 aliphatic carbocycles. The number of nitrogen functional groups attached to an aromatic ring is 1. The molecule has 0 heterocycles. The van der Waals surface area contributed by atoms with E-state index in [0.717, 1.165) is 0 Å². The highest BCUT2D eigenvalue weighted by Gasteiger charge is 2.10. The van der Waals surface area contributed by atoms with Gasteiger partial charge in [0.1, 0.15) is 5.75 Å². The lowest BCUT2D eigenvalue weighted by atomic mass is 10.2. The second kappa shape index (κ2) is 5.14. The Morgan fingerprint density at radius 3 is 2.87 bits per heavy atom. The van der Waals surface area contributed by atoms with Crippen molar-refractivity contribution in [3.63, 3.8) is 0 Å². The molecule has 1 aromatic rings. The van der Waals surface area contributed by atoms with Crippen LogP contribution in [0, 0.1) is 0 Å². The minimum absolute atomic E-state index is 0.224. The third kappa shape index (κ3) is 2.80. The molecule has 0 aliphatic heterocycles. The SMILES string of the molecule is CCCC(=O)Oc1cccc(N)c1C=O. The Hall–Kier alpha value is -1.84. The van der Waals surface area contributed by atoms with Gasteiger partial charge >= 0.3 is 5.97 Å². The average Bonchev–Trinajstić information content (AvgIpc) is 2.18. The van der Waals surface area contributed by atoms with Crippen molar-refractivity contribution in [2.24, 2.45) is 0 Å². The summed E-state index contributed by atoms with van der Waals surface area (Å²) in [5.41, 5.74) is 6.09. The summed E-state index contributed by atoms with van der Waals surface area (Å²) in [4.78, 5) is 21.9. The van der Waals surface area contributed by atoms with E-state index in [1.54, 1.807) is 18.2 Å². The monoisotopic (exact) mass is 207 g/mol. The second-order valence-electron chi connectivity index (χ2n) is 3.10. The lowest BCUT2D eigenvalue weighted by Gasteiger charge is -2.07. The summed E-state index contributed by atoms with van der Waals surface area (Å²) in [5, 5.41) is 0. The summed E-state index contributed by atoms with van der Waals surface area (Å²) in [6, 6.07) is 4.77. The summed E-state index contributed by atoms with van der Waals surface area (Å²) < 4.78 is 5.01. The predicted octanol–water partition coefficient (Wildman–Crippen LogP) is 1.79. The molecule has 0 unspecified atom stereocenters. The third-order valence-corrected chi connectivity index (χ3v) is 1.90. The van der Waals surface area contributed by atoms with Gasteiger partial charge in [0.25, 0.3) is 0 Å². The first kappa shape index (κ1) is 11.2. The van der Waals surface area contributed by atoms with Crippen LogP contribution in [-0.2, 0) is 4.79 Å². The van der Waals surface area contributed by atoms with Crippen LogP contribution in [0.15, 0.2) is 18.2 Å². The van der Waals surface area contributed by atoms with E-state index in [0.29, 0.717) is 24.8 Å². The molecule has 0 saturated heterocycles. The summed E-state index contributed by atoms with van der Waals surface area (Å²) >= 11 is 0. The van der Waals surface area contributed by atoms with Crippen molar-refractivity contribution in [2.45, 2.75) is 19.8 Å². The molecule has 0 radical (unpaired) electrons. The molecule has 0 saturated carbocycles. The number of rotatable bonds is 4. The van der Waals surface area contributed by atoms with Crippen molar-refractivity contribution < 1.29 is 14.3 Å². The number of carbonyl (C=O) groups is 2. The molecular formula is C11H13NO3. The molecule has 0 fully saturated rings. The van der Waals surface area contributed by atoms with Crippen molar-refractivity contribution in [3.05, 3.63) is 23.8 Å². The number of anilines is 1. The number of nitrogens with two attached hydrogens (primary N) is 1. The van der Waals surface area contributed by atoms with Gasteiger partial charge in [-0.15, -0.1) is 0 Å². The zero-order valence-electron chi connectivity index (χ0n) is 8.53. The van der Waals surface area contributed by atoms with Crippen molar-refractivity contribution in [1.82, 2.24) is 0 Å². The molecule has 0 atom stereocenters. The van der Waals surface area contributed by atoms with Gasteiger partial charge in [0.05, 0.1) is 5.56 Å². The first-order valence-electron chi connectivity index (χ1n) is 4.73. The Morgan fingerprint density at radius 1 is 1.53 bits per heavy atom. The van der Waals surface area contributed by atoms with Gasteiger partial charge in [0.2, 0.25) is 0 Å². The van der Waals surface area contributed by atoms with Crippen LogP contribution in [0.25, 0.3) is 0 Å². The molecule has 4 nitrogen and oxygen atoms in total. The van der Waals surface area contributed by atoms with E-state index < -0.39 is 0 Å². The maximum Gasteiger partial charge on any atom is 0.311 e. The average molecular weight is 207 g/mol. The molecule has 2 N–H and O–H groups in total. The summed E-state index contributed by atoms with van der Waals surface area (Å²) in [5.74, 6) is -0.130. The Balaban J connectivity index is 2.89. The Bertz CT molecular complexity index is 374. The number of carbonyl (C=O) groups excluding carboxylic acids is 2. The molecule has 1 rings (SSSR count). The number of aldehydes is 1. The normalized spacial score (nSPS) is 9.67. The van der Waals surface area contributed by atoms with Gasteiger partial charge < -0.3 is 10.5 Å². The molecule has 4 heteroatoms. The maximum atomic E-state index is 11.2. The number of hydrogen-bond acceptors (Lipinski definition) is 4. The van der Waals surface area contributed by atoms with Crippen LogP contribution in [0.5, 0.6) is 5.75 Å². The van der Waals surface area contributed by atoms with E-state index in [1.807, 2.05) is 6.92 Å². The predicted molar refractivity (Wildman–Crippen MR) is 56.8 cm³/mol. The van der Waals surface area contributed by atoms with Crippen molar-refractivity contribution in [3.8, 4) is 5.75 Å². The van der Waals surface area contributed by atoms with Crippen LogP contribution < -0.4 is 10.5 Å². The molecule has 15 heavy (non-hydrogen) atoms. The third-order valence-electron chi connectivity index (χ3n) is 1.90. The highest BCUT2D eigenvalue weighted by molar-refractivity contribution is 5.88. The Labute approximate surface area is 88.0 Å². The zero-order chi connectivity index (χ0) is 11.3. The fourth-order valence-electron chi connectivity index (χ4n) is 1.15. The summed E-state index contributed by atoms with van der Waals surface area (Å²) in [6.45, 7) is 1.88. The molecule has 0 amide bonds. The highest BCUT2D eigenvalue weighted by Crippen LogP contribution is 2.22. The Kier molecular flexibility index (Phi) is 3.85. The van der Waals surface area contributed by atoms with Gasteiger partial charge in [-0.2, -0.15) is 0 Å². The van der Waals surface area contributed by atoms with Crippen LogP contribution in [-0.4, -0.2) is 12.3 Å². The van der Waals surface area contributed by atoms with Crippen LogP contribution in [0.3, 0.4) is 0 Å². The highest BCUT2D eigenvalue weighted by atomic mass is 16.5. The largest absolute Gasteiger partial charge is 0.426 e. The van der Waals surface area contributed by atoms with E-state index in [9.17, 15) is 9.59 Å². The quantitative estimate of drug-likeness (QED) is 0.353. The van der Waals surface area contributed by atoms with Gasteiger partial charge in [0.15, 0.2) is 6.29 Å². The first-order valence-corrected chi connectivity index (χ1v) is 4.73. The molecule has 80 valence electrons. The lowest BCUT2D eigenvalue weighted by molar-refractivity contribution is -0.134.